The number of piperidine rings is 2. The molecule has 7 nitrogen and oxygen atoms in total. The molecule has 0 atom stereocenters. The van der Waals surface area contributed by atoms with Crippen molar-refractivity contribution in [1.82, 2.24) is 19.6 Å². The summed E-state index contributed by atoms with van der Waals surface area (Å²) in [7, 11) is 1.82. The zero-order chi connectivity index (χ0) is 17.8. The molecule has 0 aliphatic carbocycles. The lowest BCUT2D eigenvalue weighted by molar-refractivity contribution is -0.138. The predicted octanol–water partition coefficient (Wildman–Crippen LogP) is 1.39. The van der Waals surface area contributed by atoms with E-state index in [1.54, 1.807) is 4.68 Å². The van der Waals surface area contributed by atoms with Crippen LogP contribution in [0.2, 0.25) is 0 Å². The second-order valence-electron chi connectivity index (χ2n) is 7.28. The minimum atomic E-state index is -0.0243. The third-order valence-electron chi connectivity index (χ3n) is 5.24. The standard InChI is InChI=1S/C18H29N5O2/c1-14-12-16(21(2)20-14)19-17(24)13-22-10-6-15(7-11-22)18(25)23-8-4-3-5-9-23/h12,15H,3-11,13H2,1-2H3,(H,19,24). The van der Waals surface area contributed by atoms with Crippen molar-refractivity contribution in [3.63, 3.8) is 0 Å². The monoisotopic (exact) mass is 347 g/mol. The fourth-order valence-corrected chi connectivity index (χ4v) is 3.82. The molecule has 2 amide bonds. The fourth-order valence-electron chi connectivity index (χ4n) is 3.82. The minimum absolute atomic E-state index is 0.0243. The molecule has 0 radical (unpaired) electrons. The number of rotatable bonds is 4. The highest BCUT2D eigenvalue weighted by Gasteiger charge is 2.29. The Labute approximate surface area is 149 Å². The van der Waals surface area contributed by atoms with Crippen molar-refractivity contribution in [2.75, 3.05) is 38.0 Å². The number of nitrogens with zero attached hydrogens (tertiary/aromatic N) is 4. The fraction of sp³-hybridized carbons (Fsp3) is 0.722. The summed E-state index contributed by atoms with van der Waals surface area (Å²) in [5.41, 5.74) is 0.884. The van der Waals surface area contributed by atoms with Crippen molar-refractivity contribution in [3.8, 4) is 0 Å². The van der Waals surface area contributed by atoms with Crippen molar-refractivity contribution < 1.29 is 9.59 Å². The largest absolute Gasteiger partial charge is 0.342 e. The lowest BCUT2D eigenvalue weighted by Gasteiger charge is -2.35. The van der Waals surface area contributed by atoms with Gasteiger partial charge in [-0.3, -0.25) is 19.2 Å². The van der Waals surface area contributed by atoms with Crippen LogP contribution in [-0.4, -0.2) is 64.1 Å². The van der Waals surface area contributed by atoms with Crippen molar-refractivity contribution >= 4 is 17.6 Å². The summed E-state index contributed by atoms with van der Waals surface area (Å²) in [5.74, 6) is 1.16. The quantitative estimate of drug-likeness (QED) is 0.894. The molecule has 138 valence electrons. The average Bonchev–Trinajstić information content (AvgIpc) is 2.92. The van der Waals surface area contributed by atoms with Gasteiger partial charge in [-0.1, -0.05) is 0 Å². The van der Waals surface area contributed by atoms with Gasteiger partial charge in [0, 0.05) is 32.1 Å². The lowest BCUT2D eigenvalue weighted by atomic mass is 9.94. The first-order valence-electron chi connectivity index (χ1n) is 9.34. The Kier molecular flexibility index (Phi) is 5.73. The van der Waals surface area contributed by atoms with E-state index in [2.05, 4.69) is 15.3 Å². The summed E-state index contributed by atoms with van der Waals surface area (Å²) < 4.78 is 1.68. The molecule has 0 spiro atoms. The van der Waals surface area contributed by atoms with E-state index in [1.807, 2.05) is 24.9 Å². The van der Waals surface area contributed by atoms with Crippen molar-refractivity contribution in [2.45, 2.75) is 39.0 Å². The maximum absolute atomic E-state index is 12.6. The van der Waals surface area contributed by atoms with Crippen LogP contribution < -0.4 is 5.32 Å². The van der Waals surface area contributed by atoms with Gasteiger partial charge in [0.15, 0.2) is 0 Å². The van der Waals surface area contributed by atoms with E-state index < -0.39 is 0 Å². The molecule has 0 bridgehead atoms. The van der Waals surface area contributed by atoms with E-state index in [1.165, 1.54) is 6.42 Å². The smallest absolute Gasteiger partial charge is 0.239 e. The van der Waals surface area contributed by atoms with Crippen LogP contribution in [0.15, 0.2) is 6.07 Å². The summed E-state index contributed by atoms with van der Waals surface area (Å²) >= 11 is 0. The number of aromatic nitrogens is 2. The summed E-state index contributed by atoms with van der Waals surface area (Å²) in [6.45, 7) is 5.73. The van der Waals surface area contributed by atoms with Crippen molar-refractivity contribution in [2.24, 2.45) is 13.0 Å². The van der Waals surface area contributed by atoms with Crippen molar-refractivity contribution in [1.29, 1.82) is 0 Å². The third-order valence-corrected chi connectivity index (χ3v) is 5.24. The number of likely N-dealkylation sites (tertiary alicyclic amines) is 2. The van der Waals surface area contributed by atoms with E-state index in [0.717, 1.165) is 63.4 Å². The van der Waals surface area contributed by atoms with Gasteiger partial charge in [-0.2, -0.15) is 5.10 Å². The number of hydrogen-bond acceptors (Lipinski definition) is 4. The normalized spacial score (nSPS) is 19.8. The van der Waals surface area contributed by atoms with Gasteiger partial charge in [0.25, 0.3) is 0 Å². The second-order valence-corrected chi connectivity index (χ2v) is 7.28. The molecule has 2 saturated heterocycles. The van der Waals surface area contributed by atoms with Crippen LogP contribution >= 0.6 is 0 Å². The van der Waals surface area contributed by atoms with Gasteiger partial charge < -0.3 is 10.2 Å². The molecular formula is C18H29N5O2. The van der Waals surface area contributed by atoms with Gasteiger partial charge in [0.1, 0.15) is 5.82 Å². The summed E-state index contributed by atoms with van der Waals surface area (Å²) in [5, 5.41) is 7.14. The Hall–Kier alpha value is -1.89. The Bertz CT molecular complexity index is 613. The molecular weight excluding hydrogens is 318 g/mol. The van der Waals surface area contributed by atoms with Crippen LogP contribution in [-0.2, 0) is 16.6 Å². The summed E-state index contributed by atoms with van der Waals surface area (Å²) in [6, 6.07) is 1.86. The zero-order valence-corrected chi connectivity index (χ0v) is 15.3. The van der Waals surface area contributed by atoms with Crippen LogP contribution in [0.3, 0.4) is 0 Å². The first-order valence-corrected chi connectivity index (χ1v) is 9.34. The van der Waals surface area contributed by atoms with Crippen LogP contribution in [0, 0.1) is 12.8 Å². The molecule has 25 heavy (non-hydrogen) atoms. The van der Waals surface area contributed by atoms with E-state index >= 15 is 0 Å². The minimum Gasteiger partial charge on any atom is -0.342 e. The lowest BCUT2D eigenvalue weighted by Crippen LogP contribution is -2.45. The topological polar surface area (TPSA) is 70.5 Å². The highest BCUT2D eigenvalue weighted by molar-refractivity contribution is 5.91. The van der Waals surface area contributed by atoms with Crippen LogP contribution in [0.5, 0.6) is 0 Å². The van der Waals surface area contributed by atoms with Gasteiger partial charge in [-0.15, -0.1) is 0 Å². The Balaban J connectivity index is 1.43. The average molecular weight is 347 g/mol. The van der Waals surface area contributed by atoms with Gasteiger partial charge in [-0.05, 0) is 52.1 Å². The maximum Gasteiger partial charge on any atom is 0.239 e. The van der Waals surface area contributed by atoms with E-state index in [0.29, 0.717) is 12.5 Å². The van der Waals surface area contributed by atoms with E-state index in [-0.39, 0.29) is 11.8 Å². The first kappa shape index (κ1) is 17.9. The maximum atomic E-state index is 12.6. The summed E-state index contributed by atoms with van der Waals surface area (Å²) in [6.07, 6.45) is 5.23. The van der Waals surface area contributed by atoms with E-state index in [9.17, 15) is 9.59 Å². The number of hydrogen-bond donors (Lipinski definition) is 1. The molecule has 2 aliphatic rings. The number of carbonyl (C=O) groups excluding carboxylic acids is 2. The molecule has 7 heteroatoms. The van der Waals surface area contributed by atoms with Crippen LogP contribution in [0.4, 0.5) is 5.82 Å². The van der Waals surface area contributed by atoms with Gasteiger partial charge in [0.05, 0.1) is 12.2 Å². The molecule has 0 unspecified atom stereocenters. The van der Waals surface area contributed by atoms with Gasteiger partial charge in [0.2, 0.25) is 11.8 Å². The highest BCUT2D eigenvalue weighted by Crippen LogP contribution is 2.22. The molecule has 3 rings (SSSR count). The Morgan fingerprint density at radius 2 is 1.84 bits per heavy atom. The number of carbonyl (C=O) groups is 2. The molecule has 1 aromatic heterocycles. The van der Waals surface area contributed by atoms with Gasteiger partial charge >= 0.3 is 0 Å². The molecule has 1 aromatic rings. The van der Waals surface area contributed by atoms with Crippen molar-refractivity contribution in [3.05, 3.63) is 11.8 Å². The molecule has 0 aromatic carbocycles. The highest BCUT2D eigenvalue weighted by atomic mass is 16.2. The van der Waals surface area contributed by atoms with Crippen LogP contribution in [0.1, 0.15) is 37.8 Å². The second kappa shape index (κ2) is 7.99. The SMILES string of the molecule is Cc1cc(NC(=O)CN2CCC(C(=O)N3CCCCC3)CC2)n(C)n1. The third kappa shape index (κ3) is 4.60. The number of nitrogens with one attached hydrogen (secondary N) is 1. The summed E-state index contributed by atoms with van der Waals surface area (Å²) in [4.78, 5) is 29.0. The number of aryl methyl sites for hydroxylation is 2. The Morgan fingerprint density at radius 3 is 2.44 bits per heavy atom. The number of anilines is 1. The zero-order valence-electron chi connectivity index (χ0n) is 15.3. The molecule has 3 heterocycles. The predicted molar refractivity (Wildman–Crippen MR) is 96.2 cm³/mol. The number of amides is 2. The molecule has 2 fully saturated rings. The van der Waals surface area contributed by atoms with Gasteiger partial charge in [-0.25, -0.2) is 0 Å². The van der Waals surface area contributed by atoms with Crippen LogP contribution in [0.25, 0.3) is 0 Å². The van der Waals surface area contributed by atoms with E-state index in [4.69, 9.17) is 0 Å². The molecule has 2 aliphatic heterocycles. The first-order chi connectivity index (χ1) is 12.0. The molecule has 1 N–H and O–H groups in total. The Morgan fingerprint density at radius 1 is 1.16 bits per heavy atom. The molecule has 0 saturated carbocycles.